The molecular formula is C24H31N5O2. The molecule has 1 aromatic heterocycles. The molecule has 2 amide bonds. The number of rotatable bonds is 6. The third-order valence-corrected chi connectivity index (χ3v) is 8.55. The number of carbonyl (C=O) groups excluding carboxylic acids is 2. The molecule has 7 heteroatoms. The number of hydrogen-bond acceptors (Lipinski definition) is 6. The summed E-state index contributed by atoms with van der Waals surface area (Å²) in [5, 5.41) is 0. The number of nitrogens with zero attached hydrogens (tertiary/aromatic N) is 5. The Labute approximate surface area is 183 Å². The SMILES string of the molecule is O=C1[C@@H]2C3CCC([C@H]4C=C[C@@H]34)[C@@H]2C(=O)N1CCCCN1CCN(c2ncccn2)CC1. The van der Waals surface area contributed by atoms with Crippen molar-refractivity contribution in [2.45, 2.75) is 25.7 Å². The lowest BCUT2D eigenvalue weighted by molar-refractivity contribution is -0.140. The molecule has 2 aliphatic heterocycles. The Morgan fingerprint density at radius 1 is 0.806 bits per heavy atom. The highest BCUT2D eigenvalue weighted by Gasteiger charge is 2.63. The summed E-state index contributed by atoms with van der Waals surface area (Å²) in [6.07, 6.45) is 12.3. The molecule has 2 bridgehead atoms. The lowest BCUT2D eigenvalue weighted by atomic mass is 9.47. The Morgan fingerprint density at radius 3 is 1.97 bits per heavy atom. The largest absolute Gasteiger partial charge is 0.338 e. The predicted molar refractivity (Wildman–Crippen MR) is 116 cm³/mol. The van der Waals surface area contributed by atoms with E-state index in [1.165, 1.54) is 0 Å². The lowest BCUT2D eigenvalue weighted by Crippen LogP contribution is -2.53. The third-order valence-electron chi connectivity index (χ3n) is 8.55. The van der Waals surface area contributed by atoms with E-state index < -0.39 is 0 Å². The van der Waals surface area contributed by atoms with Crippen molar-refractivity contribution in [1.29, 1.82) is 0 Å². The van der Waals surface area contributed by atoms with Gasteiger partial charge < -0.3 is 4.90 Å². The number of unbranched alkanes of at least 4 members (excludes halogenated alkanes) is 1. The van der Waals surface area contributed by atoms with Crippen molar-refractivity contribution >= 4 is 17.8 Å². The Kier molecular flexibility index (Phi) is 4.82. The molecular weight excluding hydrogens is 390 g/mol. The topological polar surface area (TPSA) is 69.6 Å². The first-order chi connectivity index (χ1) is 15.2. The van der Waals surface area contributed by atoms with Crippen LogP contribution >= 0.6 is 0 Å². The zero-order valence-electron chi connectivity index (χ0n) is 18.0. The molecule has 3 saturated carbocycles. The van der Waals surface area contributed by atoms with E-state index in [0.717, 1.165) is 64.4 Å². The number of anilines is 1. The minimum atomic E-state index is -0.0225. The second kappa shape index (κ2) is 7.69. The van der Waals surface area contributed by atoms with Crippen molar-refractivity contribution in [3.63, 3.8) is 0 Å². The number of hydrogen-bond donors (Lipinski definition) is 0. The summed E-state index contributed by atoms with van der Waals surface area (Å²) in [6.45, 7) is 5.51. The Morgan fingerprint density at radius 2 is 1.39 bits per heavy atom. The molecule has 0 N–H and O–H groups in total. The fourth-order valence-electron chi connectivity index (χ4n) is 6.96. The molecule has 164 valence electrons. The third kappa shape index (κ3) is 3.12. The van der Waals surface area contributed by atoms with Crippen LogP contribution in [0.4, 0.5) is 5.95 Å². The van der Waals surface area contributed by atoms with Gasteiger partial charge >= 0.3 is 0 Å². The van der Waals surface area contributed by atoms with Crippen LogP contribution in [0, 0.1) is 35.5 Å². The summed E-state index contributed by atoms with van der Waals surface area (Å²) >= 11 is 0. The maximum atomic E-state index is 13.1. The monoisotopic (exact) mass is 421 g/mol. The minimum absolute atomic E-state index is 0.0225. The van der Waals surface area contributed by atoms with Gasteiger partial charge in [0.15, 0.2) is 0 Å². The van der Waals surface area contributed by atoms with Gasteiger partial charge in [0, 0.05) is 45.1 Å². The first kappa shape index (κ1) is 19.4. The van der Waals surface area contributed by atoms with Gasteiger partial charge in [0.2, 0.25) is 17.8 Å². The summed E-state index contributed by atoms with van der Waals surface area (Å²) in [7, 11) is 0. The highest BCUT2D eigenvalue weighted by atomic mass is 16.2. The molecule has 0 spiro atoms. The fourth-order valence-corrected chi connectivity index (χ4v) is 6.96. The molecule has 0 aromatic carbocycles. The standard InChI is InChI=1S/C24H31N5O2/c30-22-20-18-6-7-19(17-5-4-16(17)18)21(20)23(31)29(22)11-2-1-10-27-12-14-28(15-13-27)24-25-8-3-9-26-24/h3-5,8-9,16-21H,1-2,6-7,10-15H2/t16-,17+,18?,19?,20-,21+. The van der Waals surface area contributed by atoms with Gasteiger partial charge in [0.05, 0.1) is 11.8 Å². The first-order valence-corrected chi connectivity index (χ1v) is 12.0. The van der Waals surface area contributed by atoms with Crippen LogP contribution in [0.3, 0.4) is 0 Å². The molecule has 1 aromatic rings. The number of fused-ring (bicyclic) bond motifs is 1. The van der Waals surface area contributed by atoms with Crippen molar-refractivity contribution < 1.29 is 9.59 Å². The van der Waals surface area contributed by atoms with Crippen LogP contribution in [0.5, 0.6) is 0 Å². The van der Waals surface area contributed by atoms with E-state index in [4.69, 9.17) is 0 Å². The van der Waals surface area contributed by atoms with Gasteiger partial charge in [0.25, 0.3) is 0 Å². The smallest absolute Gasteiger partial charge is 0.233 e. The number of aromatic nitrogens is 2. The first-order valence-electron chi connectivity index (χ1n) is 12.0. The number of carbonyl (C=O) groups is 2. The average molecular weight is 422 g/mol. The highest BCUT2D eigenvalue weighted by Crippen LogP contribution is 2.61. The number of piperazine rings is 1. The molecule has 2 saturated heterocycles. The van der Waals surface area contributed by atoms with E-state index >= 15 is 0 Å². The van der Waals surface area contributed by atoms with E-state index in [-0.39, 0.29) is 23.7 Å². The van der Waals surface area contributed by atoms with Crippen LogP contribution in [0.1, 0.15) is 25.7 Å². The van der Waals surface area contributed by atoms with Crippen molar-refractivity contribution in [3.05, 3.63) is 30.6 Å². The fraction of sp³-hybridized carbons (Fsp3) is 0.667. The molecule has 2 unspecified atom stereocenters. The van der Waals surface area contributed by atoms with E-state index in [2.05, 4.69) is 31.9 Å². The van der Waals surface area contributed by atoms with Gasteiger partial charge in [-0.2, -0.15) is 0 Å². The zero-order valence-corrected chi connectivity index (χ0v) is 18.0. The quantitative estimate of drug-likeness (QED) is 0.397. The average Bonchev–Trinajstić information content (AvgIpc) is 3.04. The molecule has 3 heterocycles. The van der Waals surface area contributed by atoms with Crippen LogP contribution in [0.15, 0.2) is 30.6 Å². The molecule has 6 aliphatic rings. The van der Waals surface area contributed by atoms with E-state index in [9.17, 15) is 9.59 Å². The summed E-state index contributed by atoms with van der Waals surface area (Å²) in [4.78, 5) is 41.3. The lowest BCUT2D eigenvalue weighted by Gasteiger charge is -2.55. The minimum Gasteiger partial charge on any atom is -0.338 e. The summed E-state index contributed by atoms with van der Waals surface area (Å²) in [5.74, 6) is 3.00. The van der Waals surface area contributed by atoms with Crippen molar-refractivity contribution in [1.82, 2.24) is 19.8 Å². The molecule has 7 rings (SSSR count). The van der Waals surface area contributed by atoms with Crippen LogP contribution in [-0.4, -0.2) is 70.9 Å². The Bertz CT molecular complexity index is 843. The Balaban J connectivity index is 0.983. The van der Waals surface area contributed by atoms with E-state index in [0.29, 0.717) is 30.2 Å². The number of amides is 2. The second-order valence-electron chi connectivity index (χ2n) is 9.91. The van der Waals surface area contributed by atoms with Gasteiger partial charge in [-0.05, 0) is 62.0 Å². The molecule has 6 atom stereocenters. The van der Waals surface area contributed by atoms with Gasteiger partial charge in [-0.25, -0.2) is 9.97 Å². The maximum absolute atomic E-state index is 13.1. The molecule has 5 fully saturated rings. The summed E-state index contributed by atoms with van der Waals surface area (Å²) < 4.78 is 0. The van der Waals surface area contributed by atoms with Crippen molar-refractivity contribution in [2.75, 3.05) is 44.2 Å². The van der Waals surface area contributed by atoms with Crippen LogP contribution < -0.4 is 4.90 Å². The second-order valence-corrected chi connectivity index (χ2v) is 9.91. The van der Waals surface area contributed by atoms with Gasteiger partial charge in [-0.15, -0.1) is 0 Å². The molecule has 7 nitrogen and oxygen atoms in total. The van der Waals surface area contributed by atoms with Crippen LogP contribution in [0.25, 0.3) is 0 Å². The zero-order chi connectivity index (χ0) is 20.9. The number of allylic oxidation sites excluding steroid dienone is 2. The molecule has 4 aliphatic carbocycles. The van der Waals surface area contributed by atoms with E-state index in [1.807, 2.05) is 6.07 Å². The van der Waals surface area contributed by atoms with Crippen molar-refractivity contribution in [2.24, 2.45) is 35.5 Å². The van der Waals surface area contributed by atoms with Crippen LogP contribution in [0.2, 0.25) is 0 Å². The summed E-state index contributed by atoms with van der Waals surface area (Å²) in [6, 6.07) is 1.84. The summed E-state index contributed by atoms with van der Waals surface area (Å²) in [5.41, 5.74) is 0. The Hall–Kier alpha value is -2.28. The van der Waals surface area contributed by atoms with Gasteiger partial charge in [0.1, 0.15) is 0 Å². The van der Waals surface area contributed by atoms with Crippen molar-refractivity contribution in [3.8, 4) is 0 Å². The maximum Gasteiger partial charge on any atom is 0.233 e. The van der Waals surface area contributed by atoms with Gasteiger partial charge in [-0.3, -0.25) is 19.4 Å². The number of likely N-dealkylation sites (tertiary alicyclic amines) is 1. The predicted octanol–water partition coefficient (Wildman–Crippen LogP) is 1.82. The van der Waals surface area contributed by atoms with Crippen LogP contribution in [-0.2, 0) is 9.59 Å². The molecule has 31 heavy (non-hydrogen) atoms. The van der Waals surface area contributed by atoms with Gasteiger partial charge in [-0.1, -0.05) is 12.2 Å². The molecule has 0 radical (unpaired) electrons. The number of imide groups is 1. The van der Waals surface area contributed by atoms with E-state index in [1.54, 1.807) is 17.3 Å². The normalized spacial score (nSPS) is 36.5. The highest BCUT2D eigenvalue weighted by molar-refractivity contribution is 6.05.